The standard InChI is InChI=1S/C21H21F2N3O/c1-14(27)24-9-11-25-10-8-21-19(13-25)18-12-16(23)4-7-20(18)26(21)17-5-2-15(22)3-6-17/h2-7,12H,8-11,13H2,1H3,(H,24,27). The SMILES string of the molecule is CC(=O)NCCN1CCc2c(c3cc(F)ccc3n2-c2ccc(F)cc2)C1. The molecule has 6 heteroatoms. The van der Waals surface area contributed by atoms with Crippen LogP contribution in [0.25, 0.3) is 16.6 Å². The molecule has 2 aromatic carbocycles. The Morgan fingerprint density at radius 2 is 1.85 bits per heavy atom. The number of nitrogens with zero attached hydrogens (tertiary/aromatic N) is 2. The van der Waals surface area contributed by atoms with Crippen molar-refractivity contribution in [3.63, 3.8) is 0 Å². The number of nitrogens with one attached hydrogen (secondary N) is 1. The van der Waals surface area contributed by atoms with Gasteiger partial charge >= 0.3 is 0 Å². The minimum Gasteiger partial charge on any atom is -0.355 e. The quantitative estimate of drug-likeness (QED) is 0.765. The first kappa shape index (κ1) is 17.7. The van der Waals surface area contributed by atoms with Gasteiger partial charge in [-0.15, -0.1) is 0 Å². The van der Waals surface area contributed by atoms with E-state index in [9.17, 15) is 13.6 Å². The van der Waals surface area contributed by atoms with E-state index in [2.05, 4.69) is 14.8 Å². The summed E-state index contributed by atoms with van der Waals surface area (Å²) in [6, 6.07) is 11.2. The molecule has 0 unspecified atom stereocenters. The highest BCUT2D eigenvalue weighted by molar-refractivity contribution is 5.87. The van der Waals surface area contributed by atoms with Crippen molar-refractivity contribution in [3.05, 3.63) is 65.4 Å². The molecule has 1 aromatic heterocycles. The molecule has 0 saturated heterocycles. The third-order valence-corrected chi connectivity index (χ3v) is 5.08. The van der Waals surface area contributed by atoms with E-state index >= 15 is 0 Å². The predicted octanol–water partition coefficient (Wildman–Crippen LogP) is 3.40. The lowest BCUT2D eigenvalue weighted by molar-refractivity contribution is -0.119. The van der Waals surface area contributed by atoms with Crippen LogP contribution >= 0.6 is 0 Å². The fourth-order valence-electron chi connectivity index (χ4n) is 3.85. The average Bonchev–Trinajstić information content (AvgIpc) is 2.95. The summed E-state index contributed by atoms with van der Waals surface area (Å²) in [6.07, 6.45) is 0.809. The first-order valence-corrected chi connectivity index (χ1v) is 9.07. The van der Waals surface area contributed by atoms with Crippen molar-refractivity contribution in [2.24, 2.45) is 0 Å². The lowest BCUT2D eigenvalue weighted by atomic mass is 10.0. The summed E-state index contributed by atoms with van der Waals surface area (Å²) in [6.45, 7) is 4.40. The Hall–Kier alpha value is -2.73. The van der Waals surface area contributed by atoms with Crippen molar-refractivity contribution >= 4 is 16.8 Å². The van der Waals surface area contributed by atoms with Gasteiger partial charge in [-0.2, -0.15) is 0 Å². The van der Waals surface area contributed by atoms with Gasteiger partial charge in [-0.3, -0.25) is 9.69 Å². The molecule has 1 amide bonds. The third kappa shape index (κ3) is 3.45. The summed E-state index contributed by atoms with van der Waals surface area (Å²) in [4.78, 5) is 13.3. The van der Waals surface area contributed by atoms with Gasteiger partial charge in [0.1, 0.15) is 11.6 Å². The molecule has 4 nitrogen and oxygen atoms in total. The summed E-state index contributed by atoms with van der Waals surface area (Å²) in [5.74, 6) is -0.584. The van der Waals surface area contributed by atoms with Crippen LogP contribution in [0.2, 0.25) is 0 Å². The van der Waals surface area contributed by atoms with Gasteiger partial charge in [-0.05, 0) is 48.0 Å². The molecule has 3 aromatic rings. The second-order valence-electron chi connectivity index (χ2n) is 6.91. The topological polar surface area (TPSA) is 37.3 Å². The van der Waals surface area contributed by atoms with Crippen LogP contribution in [0.15, 0.2) is 42.5 Å². The molecule has 0 spiro atoms. The molecular weight excluding hydrogens is 348 g/mol. The van der Waals surface area contributed by atoms with Crippen LogP contribution in [0.4, 0.5) is 8.78 Å². The number of amides is 1. The number of hydrogen-bond donors (Lipinski definition) is 1. The van der Waals surface area contributed by atoms with Gasteiger partial charge in [-0.1, -0.05) is 0 Å². The molecule has 2 heterocycles. The maximum absolute atomic E-state index is 13.9. The summed E-state index contributed by atoms with van der Waals surface area (Å²) < 4.78 is 29.4. The summed E-state index contributed by atoms with van der Waals surface area (Å²) >= 11 is 0. The Balaban J connectivity index is 1.74. The highest BCUT2D eigenvalue weighted by Crippen LogP contribution is 2.34. The molecule has 0 bridgehead atoms. The van der Waals surface area contributed by atoms with E-state index in [0.717, 1.165) is 47.4 Å². The van der Waals surface area contributed by atoms with Crippen molar-refractivity contribution in [1.82, 2.24) is 14.8 Å². The summed E-state index contributed by atoms with van der Waals surface area (Å²) in [7, 11) is 0. The summed E-state index contributed by atoms with van der Waals surface area (Å²) in [5.41, 5.74) is 4.04. The van der Waals surface area contributed by atoms with Crippen LogP contribution in [0, 0.1) is 11.6 Å². The molecule has 1 aliphatic rings. The first-order chi connectivity index (χ1) is 13.0. The van der Waals surface area contributed by atoms with Crippen LogP contribution in [0.5, 0.6) is 0 Å². The molecule has 1 N–H and O–H groups in total. The van der Waals surface area contributed by atoms with Crippen LogP contribution in [-0.4, -0.2) is 35.0 Å². The largest absolute Gasteiger partial charge is 0.355 e. The number of aromatic nitrogens is 1. The van der Waals surface area contributed by atoms with Crippen molar-refractivity contribution < 1.29 is 13.6 Å². The second kappa shape index (κ2) is 7.12. The van der Waals surface area contributed by atoms with Gasteiger partial charge in [0.05, 0.1) is 5.52 Å². The molecule has 0 atom stereocenters. The van der Waals surface area contributed by atoms with Crippen LogP contribution < -0.4 is 5.32 Å². The van der Waals surface area contributed by atoms with Gasteiger partial charge in [0.25, 0.3) is 0 Å². The Morgan fingerprint density at radius 1 is 1.11 bits per heavy atom. The minimum atomic E-state index is -0.278. The van der Waals surface area contributed by atoms with E-state index in [1.165, 1.54) is 25.1 Å². The van der Waals surface area contributed by atoms with E-state index in [1.54, 1.807) is 24.3 Å². The maximum atomic E-state index is 13.9. The van der Waals surface area contributed by atoms with Gasteiger partial charge in [-0.25, -0.2) is 8.78 Å². The molecule has 0 fully saturated rings. The zero-order valence-corrected chi connectivity index (χ0v) is 15.1. The smallest absolute Gasteiger partial charge is 0.216 e. The third-order valence-electron chi connectivity index (χ3n) is 5.08. The van der Waals surface area contributed by atoms with E-state index in [-0.39, 0.29) is 17.5 Å². The highest BCUT2D eigenvalue weighted by Gasteiger charge is 2.24. The van der Waals surface area contributed by atoms with Crippen LogP contribution in [-0.2, 0) is 17.8 Å². The number of carbonyl (C=O) groups excluding carboxylic acids is 1. The number of hydrogen-bond acceptors (Lipinski definition) is 2. The lowest BCUT2D eigenvalue weighted by Gasteiger charge is -2.28. The Kier molecular flexibility index (Phi) is 4.66. The van der Waals surface area contributed by atoms with E-state index in [0.29, 0.717) is 13.1 Å². The Morgan fingerprint density at radius 3 is 2.59 bits per heavy atom. The molecule has 140 valence electrons. The Labute approximate surface area is 156 Å². The number of halogens is 2. The van der Waals surface area contributed by atoms with E-state index < -0.39 is 0 Å². The van der Waals surface area contributed by atoms with Gasteiger partial charge < -0.3 is 9.88 Å². The van der Waals surface area contributed by atoms with Crippen molar-refractivity contribution in [2.75, 3.05) is 19.6 Å². The molecule has 0 saturated carbocycles. The molecule has 1 aliphatic heterocycles. The zero-order valence-electron chi connectivity index (χ0n) is 15.1. The zero-order chi connectivity index (χ0) is 19.0. The highest BCUT2D eigenvalue weighted by atomic mass is 19.1. The van der Waals surface area contributed by atoms with Crippen LogP contribution in [0.3, 0.4) is 0 Å². The lowest BCUT2D eigenvalue weighted by Crippen LogP contribution is -2.37. The van der Waals surface area contributed by atoms with Crippen molar-refractivity contribution in [1.29, 1.82) is 0 Å². The number of fused-ring (bicyclic) bond motifs is 3. The van der Waals surface area contributed by atoms with Gasteiger partial charge in [0.15, 0.2) is 0 Å². The minimum absolute atomic E-state index is 0.0392. The number of benzene rings is 2. The molecule has 4 rings (SSSR count). The molecular formula is C21H21F2N3O. The monoisotopic (exact) mass is 369 g/mol. The van der Waals surface area contributed by atoms with E-state index in [4.69, 9.17) is 0 Å². The second-order valence-corrected chi connectivity index (χ2v) is 6.91. The van der Waals surface area contributed by atoms with E-state index in [1.807, 2.05) is 0 Å². The average molecular weight is 369 g/mol. The Bertz CT molecular complexity index is 995. The first-order valence-electron chi connectivity index (χ1n) is 9.07. The molecule has 0 radical (unpaired) electrons. The van der Waals surface area contributed by atoms with Crippen molar-refractivity contribution in [3.8, 4) is 5.69 Å². The van der Waals surface area contributed by atoms with Gasteiger partial charge in [0, 0.05) is 56.3 Å². The molecule has 0 aliphatic carbocycles. The number of rotatable bonds is 4. The normalized spacial score (nSPS) is 14.3. The van der Waals surface area contributed by atoms with Crippen LogP contribution in [0.1, 0.15) is 18.2 Å². The van der Waals surface area contributed by atoms with Gasteiger partial charge in [0.2, 0.25) is 5.91 Å². The fraction of sp³-hybridized carbons (Fsp3) is 0.286. The summed E-state index contributed by atoms with van der Waals surface area (Å²) in [5, 5.41) is 3.71. The van der Waals surface area contributed by atoms with Crippen molar-refractivity contribution in [2.45, 2.75) is 19.9 Å². The molecule has 27 heavy (non-hydrogen) atoms. The fourth-order valence-corrected chi connectivity index (χ4v) is 3.85. The predicted molar refractivity (Wildman–Crippen MR) is 101 cm³/mol. The maximum Gasteiger partial charge on any atom is 0.216 e. The number of carbonyl (C=O) groups is 1.